The molecule has 3 aliphatic rings. The van der Waals surface area contributed by atoms with Crippen molar-refractivity contribution in [3.05, 3.63) is 0 Å². The molecule has 0 aromatic heterocycles. The van der Waals surface area contributed by atoms with Gasteiger partial charge in [0.15, 0.2) is 0 Å². The second kappa shape index (κ2) is 2.73. The van der Waals surface area contributed by atoms with E-state index in [2.05, 4.69) is 0 Å². The summed E-state index contributed by atoms with van der Waals surface area (Å²) in [5, 5.41) is 18.4. The number of fused-ring (bicyclic) bond motifs is 3. The van der Waals surface area contributed by atoms with Crippen molar-refractivity contribution < 1.29 is 15.0 Å². The van der Waals surface area contributed by atoms with E-state index < -0.39 is 5.97 Å². The molecule has 4 atom stereocenters. The number of carboxylic acid groups (broad SMARTS) is 1. The van der Waals surface area contributed by atoms with Gasteiger partial charge in [-0.15, -0.1) is 0 Å². The molecular formula is C9H14O3. The number of rotatable bonds is 1. The van der Waals surface area contributed by atoms with E-state index in [9.17, 15) is 9.90 Å². The van der Waals surface area contributed by atoms with Crippen LogP contribution in [-0.2, 0) is 4.79 Å². The van der Waals surface area contributed by atoms with E-state index in [1.54, 1.807) is 0 Å². The molecule has 0 saturated heterocycles. The Balaban J connectivity index is 2.14. The van der Waals surface area contributed by atoms with Crippen LogP contribution in [0, 0.1) is 17.8 Å². The van der Waals surface area contributed by atoms with Gasteiger partial charge in [-0.25, -0.2) is 0 Å². The van der Waals surface area contributed by atoms with Crippen LogP contribution in [0.1, 0.15) is 25.7 Å². The molecule has 3 saturated carbocycles. The molecule has 3 heteroatoms. The Morgan fingerprint density at radius 3 is 2.42 bits per heavy atom. The Hall–Kier alpha value is -0.570. The standard InChI is InChI=1S/C9H14O3/c10-8-4-5-1-2-6(8)7(3-5)9(11)12/h5-8,10H,1-4H2,(H,11,12)/t5-,6+,7-,8-/m1/s1. The fraction of sp³-hybridized carbons (Fsp3) is 0.889. The number of aliphatic carboxylic acids is 1. The summed E-state index contributed by atoms with van der Waals surface area (Å²) in [6.45, 7) is 0. The van der Waals surface area contributed by atoms with E-state index in [0.717, 1.165) is 25.7 Å². The van der Waals surface area contributed by atoms with Crippen LogP contribution in [0.5, 0.6) is 0 Å². The zero-order chi connectivity index (χ0) is 8.72. The highest BCUT2D eigenvalue weighted by Crippen LogP contribution is 2.45. The molecular weight excluding hydrogens is 156 g/mol. The van der Waals surface area contributed by atoms with Gasteiger partial charge in [-0.05, 0) is 37.5 Å². The maximum atomic E-state index is 10.8. The van der Waals surface area contributed by atoms with Crippen molar-refractivity contribution in [2.75, 3.05) is 0 Å². The topological polar surface area (TPSA) is 57.5 Å². The van der Waals surface area contributed by atoms with Crippen LogP contribution in [0.15, 0.2) is 0 Å². The molecule has 3 rings (SSSR count). The Bertz CT molecular complexity index is 202. The van der Waals surface area contributed by atoms with E-state index in [4.69, 9.17) is 5.11 Å². The molecule has 0 unspecified atom stereocenters. The number of carbonyl (C=O) groups is 1. The molecule has 0 aliphatic heterocycles. The molecule has 0 amide bonds. The molecule has 0 spiro atoms. The first-order valence-electron chi connectivity index (χ1n) is 4.59. The van der Waals surface area contributed by atoms with Gasteiger partial charge in [0, 0.05) is 0 Å². The predicted molar refractivity (Wildman–Crippen MR) is 42.6 cm³/mol. The molecule has 0 aromatic rings. The third kappa shape index (κ3) is 1.12. The molecule has 12 heavy (non-hydrogen) atoms. The van der Waals surface area contributed by atoms with Crippen molar-refractivity contribution in [2.45, 2.75) is 31.8 Å². The lowest BCUT2D eigenvalue weighted by molar-refractivity contribution is -0.152. The number of aliphatic hydroxyl groups is 1. The van der Waals surface area contributed by atoms with Gasteiger partial charge < -0.3 is 10.2 Å². The van der Waals surface area contributed by atoms with Crippen LogP contribution in [0.3, 0.4) is 0 Å². The van der Waals surface area contributed by atoms with Crippen molar-refractivity contribution in [3.63, 3.8) is 0 Å². The Morgan fingerprint density at radius 1 is 1.25 bits per heavy atom. The van der Waals surface area contributed by atoms with Crippen molar-refractivity contribution in [3.8, 4) is 0 Å². The average molecular weight is 170 g/mol. The Morgan fingerprint density at radius 2 is 2.00 bits per heavy atom. The molecule has 3 nitrogen and oxygen atoms in total. The molecule has 3 fully saturated rings. The second-order valence-electron chi connectivity index (χ2n) is 4.09. The van der Waals surface area contributed by atoms with Gasteiger partial charge in [0.05, 0.1) is 12.0 Å². The minimum absolute atomic E-state index is 0.0347. The van der Waals surface area contributed by atoms with Gasteiger partial charge in [0.25, 0.3) is 0 Å². The van der Waals surface area contributed by atoms with Gasteiger partial charge in [-0.2, -0.15) is 0 Å². The summed E-state index contributed by atoms with van der Waals surface area (Å²) in [6, 6.07) is 0. The number of hydrogen-bond acceptors (Lipinski definition) is 2. The molecule has 2 N–H and O–H groups in total. The lowest BCUT2D eigenvalue weighted by Crippen LogP contribution is -2.44. The Kier molecular flexibility index (Phi) is 1.83. The summed E-state index contributed by atoms with van der Waals surface area (Å²) in [5.41, 5.74) is 0. The minimum Gasteiger partial charge on any atom is -0.481 e. The third-order valence-corrected chi connectivity index (χ3v) is 3.40. The zero-order valence-corrected chi connectivity index (χ0v) is 6.94. The lowest BCUT2D eigenvalue weighted by Gasteiger charge is -2.43. The van der Waals surface area contributed by atoms with E-state index in [1.807, 2.05) is 0 Å². The summed E-state index contributed by atoms with van der Waals surface area (Å²) >= 11 is 0. The van der Waals surface area contributed by atoms with Gasteiger partial charge >= 0.3 is 5.97 Å². The smallest absolute Gasteiger partial charge is 0.306 e. The molecule has 0 radical (unpaired) electrons. The normalized spacial score (nSPS) is 46.1. The van der Waals surface area contributed by atoms with E-state index >= 15 is 0 Å². The summed E-state index contributed by atoms with van der Waals surface area (Å²) in [5.74, 6) is -0.491. The Labute approximate surface area is 71.4 Å². The summed E-state index contributed by atoms with van der Waals surface area (Å²) in [7, 11) is 0. The van der Waals surface area contributed by atoms with E-state index in [-0.39, 0.29) is 17.9 Å². The predicted octanol–water partition coefficient (Wildman–Crippen LogP) is 0.868. The van der Waals surface area contributed by atoms with E-state index in [0.29, 0.717) is 5.92 Å². The highest BCUT2D eigenvalue weighted by atomic mass is 16.4. The number of aliphatic hydroxyl groups excluding tert-OH is 1. The first-order chi connectivity index (χ1) is 5.68. The minimum atomic E-state index is -0.719. The quantitative estimate of drug-likeness (QED) is 0.614. The SMILES string of the molecule is O=C(O)[C@@H]1C[C@H]2CC[C@@H]1[C@H](O)C2. The largest absolute Gasteiger partial charge is 0.481 e. The van der Waals surface area contributed by atoms with Gasteiger partial charge in [0.1, 0.15) is 0 Å². The van der Waals surface area contributed by atoms with Crippen LogP contribution in [0.25, 0.3) is 0 Å². The summed E-state index contributed by atoms with van der Waals surface area (Å²) < 4.78 is 0. The van der Waals surface area contributed by atoms with Crippen LogP contribution in [0.2, 0.25) is 0 Å². The number of hydrogen-bond donors (Lipinski definition) is 2. The molecule has 68 valence electrons. The molecule has 0 aromatic carbocycles. The third-order valence-electron chi connectivity index (χ3n) is 3.40. The first kappa shape index (κ1) is 8.05. The van der Waals surface area contributed by atoms with Crippen molar-refractivity contribution in [2.24, 2.45) is 17.8 Å². The van der Waals surface area contributed by atoms with Gasteiger partial charge in [0.2, 0.25) is 0 Å². The average Bonchev–Trinajstić information content (AvgIpc) is 2.04. The maximum absolute atomic E-state index is 10.8. The van der Waals surface area contributed by atoms with Crippen LogP contribution in [0.4, 0.5) is 0 Å². The second-order valence-corrected chi connectivity index (χ2v) is 4.09. The monoisotopic (exact) mass is 170 g/mol. The highest BCUT2D eigenvalue weighted by Gasteiger charge is 2.44. The fourth-order valence-corrected chi connectivity index (χ4v) is 2.76. The van der Waals surface area contributed by atoms with Crippen molar-refractivity contribution >= 4 is 5.97 Å². The highest BCUT2D eigenvalue weighted by molar-refractivity contribution is 5.70. The van der Waals surface area contributed by atoms with Gasteiger partial charge in [-0.3, -0.25) is 4.79 Å². The van der Waals surface area contributed by atoms with E-state index in [1.165, 1.54) is 0 Å². The lowest BCUT2D eigenvalue weighted by atomic mass is 9.63. The van der Waals surface area contributed by atoms with Crippen LogP contribution < -0.4 is 0 Å². The van der Waals surface area contributed by atoms with Crippen molar-refractivity contribution in [1.82, 2.24) is 0 Å². The summed E-state index contributed by atoms with van der Waals surface area (Å²) in [4.78, 5) is 10.8. The van der Waals surface area contributed by atoms with Crippen LogP contribution in [-0.4, -0.2) is 22.3 Å². The zero-order valence-electron chi connectivity index (χ0n) is 6.94. The molecule has 0 heterocycles. The fourth-order valence-electron chi connectivity index (χ4n) is 2.76. The first-order valence-corrected chi connectivity index (χ1v) is 4.59. The summed E-state index contributed by atoms with van der Waals surface area (Å²) in [6.07, 6.45) is 3.29. The van der Waals surface area contributed by atoms with Gasteiger partial charge in [-0.1, -0.05) is 0 Å². The van der Waals surface area contributed by atoms with Crippen LogP contribution >= 0.6 is 0 Å². The molecule has 3 aliphatic carbocycles. The maximum Gasteiger partial charge on any atom is 0.306 e. The number of carboxylic acids is 1. The van der Waals surface area contributed by atoms with Crippen molar-refractivity contribution in [1.29, 1.82) is 0 Å². The molecule has 2 bridgehead atoms.